The van der Waals surface area contributed by atoms with E-state index >= 15 is 0 Å². The molecule has 0 spiro atoms. The second-order valence-electron chi connectivity index (χ2n) is 8.51. The van der Waals surface area contributed by atoms with E-state index < -0.39 is 23.7 Å². The number of halogens is 2. The van der Waals surface area contributed by atoms with Crippen molar-refractivity contribution in [3.05, 3.63) is 94.4 Å². The van der Waals surface area contributed by atoms with Gasteiger partial charge in [-0.15, -0.1) is 0 Å². The van der Waals surface area contributed by atoms with E-state index in [2.05, 4.69) is 30.3 Å². The number of aromatic nitrogens is 4. The van der Waals surface area contributed by atoms with E-state index in [0.29, 0.717) is 23.9 Å². The Kier molecular flexibility index (Phi) is 7.96. The minimum Gasteiger partial charge on any atom is -0.448 e. The fourth-order valence-electron chi connectivity index (χ4n) is 4.21. The highest BCUT2D eigenvalue weighted by atomic mass is 35.5. The van der Waals surface area contributed by atoms with Crippen LogP contribution in [0.2, 0.25) is 5.02 Å². The lowest BCUT2D eigenvalue weighted by molar-refractivity contribution is -0.123. The van der Waals surface area contributed by atoms with E-state index in [1.807, 2.05) is 19.2 Å². The standard InChI is InChI=1S/C21H13ClFN5O3S.C5H8N2O/c22-13-6-5-10(23)7-12(13)17-19-20(24-15(9-29)28(19)8-16(30)25-17)26-21(31)18-11-3-1-2-4-14(11)32-27-18;1-6-4-5-7-2-3-8-5/h1-7,9,17H,8H2,(H,25,30)(H,26,31);2-3,6H,4H2,1H3. The highest BCUT2D eigenvalue weighted by Gasteiger charge is 2.34. The average molecular weight is 582 g/mol. The Hall–Kier alpha value is -4.46. The molecule has 204 valence electrons. The largest absolute Gasteiger partial charge is 0.448 e. The van der Waals surface area contributed by atoms with Crippen LogP contribution in [0.5, 0.6) is 0 Å². The van der Waals surface area contributed by atoms with Gasteiger partial charge >= 0.3 is 0 Å². The van der Waals surface area contributed by atoms with E-state index in [0.717, 1.165) is 10.6 Å². The highest BCUT2D eigenvalue weighted by molar-refractivity contribution is 7.13. The number of nitrogens with one attached hydrogen (secondary N) is 3. The molecular formula is C26H21ClFN7O4S. The fraction of sp³-hybridized carbons (Fsp3) is 0.154. The van der Waals surface area contributed by atoms with Crippen molar-refractivity contribution >= 4 is 57.1 Å². The summed E-state index contributed by atoms with van der Waals surface area (Å²) in [4.78, 5) is 45.1. The van der Waals surface area contributed by atoms with Crippen molar-refractivity contribution in [2.45, 2.75) is 19.1 Å². The quantitative estimate of drug-likeness (QED) is 0.256. The van der Waals surface area contributed by atoms with Crippen LogP contribution in [0.4, 0.5) is 10.2 Å². The van der Waals surface area contributed by atoms with Crippen molar-refractivity contribution in [3.63, 3.8) is 0 Å². The van der Waals surface area contributed by atoms with Gasteiger partial charge in [-0.1, -0.05) is 29.8 Å². The summed E-state index contributed by atoms with van der Waals surface area (Å²) >= 11 is 7.46. The van der Waals surface area contributed by atoms with Gasteiger partial charge in [0.1, 0.15) is 24.3 Å². The molecule has 0 fully saturated rings. The number of hydrogen-bond acceptors (Lipinski definition) is 9. The van der Waals surface area contributed by atoms with E-state index in [-0.39, 0.29) is 34.5 Å². The number of imidazole rings is 1. The summed E-state index contributed by atoms with van der Waals surface area (Å²) in [6.07, 6.45) is 3.68. The number of hydrogen-bond donors (Lipinski definition) is 3. The van der Waals surface area contributed by atoms with Gasteiger partial charge in [-0.25, -0.2) is 14.4 Å². The molecule has 1 aliphatic heterocycles. The Morgan fingerprint density at radius 1 is 1.32 bits per heavy atom. The van der Waals surface area contributed by atoms with E-state index in [1.165, 1.54) is 34.3 Å². The molecule has 0 radical (unpaired) electrons. The van der Waals surface area contributed by atoms with Gasteiger partial charge in [0.15, 0.2) is 17.9 Å². The Morgan fingerprint density at radius 3 is 2.90 bits per heavy atom. The molecule has 1 aliphatic rings. The fourth-order valence-corrected chi connectivity index (χ4v) is 5.21. The number of rotatable bonds is 6. The number of anilines is 1. The van der Waals surface area contributed by atoms with Gasteiger partial charge < -0.3 is 24.9 Å². The molecule has 5 aromatic rings. The number of amides is 2. The summed E-state index contributed by atoms with van der Waals surface area (Å²) in [5.41, 5.74) is 0.792. The summed E-state index contributed by atoms with van der Waals surface area (Å²) in [5.74, 6) is -0.753. The predicted octanol–water partition coefficient (Wildman–Crippen LogP) is 3.96. The third-order valence-corrected chi connectivity index (χ3v) is 7.10. The topological polar surface area (TPSA) is 144 Å². The molecule has 3 N–H and O–H groups in total. The van der Waals surface area contributed by atoms with Crippen LogP contribution in [-0.2, 0) is 17.9 Å². The molecule has 3 aromatic heterocycles. The molecule has 6 rings (SSSR count). The van der Waals surface area contributed by atoms with E-state index in [4.69, 9.17) is 16.0 Å². The third-order valence-electron chi connectivity index (χ3n) is 5.93. The molecule has 1 atom stereocenters. The molecule has 0 bridgehead atoms. The van der Waals surface area contributed by atoms with Crippen molar-refractivity contribution in [1.29, 1.82) is 0 Å². The lowest BCUT2D eigenvalue weighted by atomic mass is 10.0. The first-order chi connectivity index (χ1) is 19.4. The summed E-state index contributed by atoms with van der Waals surface area (Å²) in [6, 6.07) is 10.1. The second-order valence-corrected chi connectivity index (χ2v) is 9.72. The lowest BCUT2D eigenvalue weighted by Gasteiger charge is -2.27. The molecule has 2 aromatic carbocycles. The summed E-state index contributed by atoms with van der Waals surface area (Å²) in [6.45, 7) is 0.516. The average Bonchev–Trinajstić information content (AvgIpc) is 3.69. The Morgan fingerprint density at radius 2 is 2.15 bits per heavy atom. The van der Waals surface area contributed by atoms with Crippen molar-refractivity contribution in [1.82, 2.24) is 29.5 Å². The number of aldehydes is 1. The van der Waals surface area contributed by atoms with Crippen LogP contribution in [0.25, 0.3) is 10.1 Å². The zero-order chi connectivity index (χ0) is 28.2. The number of nitrogens with zero attached hydrogens (tertiary/aromatic N) is 4. The van der Waals surface area contributed by atoms with Gasteiger partial charge in [-0.05, 0) is 42.8 Å². The molecule has 0 aliphatic carbocycles. The van der Waals surface area contributed by atoms with Crippen LogP contribution in [0.15, 0.2) is 59.3 Å². The van der Waals surface area contributed by atoms with Gasteiger partial charge in [0.25, 0.3) is 5.91 Å². The summed E-state index contributed by atoms with van der Waals surface area (Å²) in [5, 5.41) is 9.24. The van der Waals surface area contributed by atoms with E-state index in [9.17, 15) is 18.8 Å². The molecule has 0 saturated carbocycles. The van der Waals surface area contributed by atoms with Gasteiger partial charge in [-0.3, -0.25) is 14.4 Å². The number of carbonyl (C=O) groups is 3. The zero-order valence-electron chi connectivity index (χ0n) is 20.9. The van der Waals surface area contributed by atoms with Crippen molar-refractivity contribution in [2.75, 3.05) is 12.4 Å². The molecular weight excluding hydrogens is 561 g/mol. The first-order valence-corrected chi connectivity index (χ1v) is 13.0. The first-order valence-electron chi connectivity index (χ1n) is 11.9. The van der Waals surface area contributed by atoms with Crippen molar-refractivity contribution in [3.8, 4) is 0 Å². The van der Waals surface area contributed by atoms with Gasteiger partial charge in [0, 0.05) is 16.0 Å². The van der Waals surface area contributed by atoms with Crippen LogP contribution < -0.4 is 16.0 Å². The van der Waals surface area contributed by atoms with Crippen LogP contribution in [0.3, 0.4) is 0 Å². The summed E-state index contributed by atoms with van der Waals surface area (Å²) < 4.78 is 25.3. The molecule has 2 amide bonds. The molecule has 1 unspecified atom stereocenters. The van der Waals surface area contributed by atoms with Crippen LogP contribution >= 0.6 is 23.1 Å². The predicted molar refractivity (Wildman–Crippen MR) is 146 cm³/mol. The molecule has 4 heterocycles. The number of oxazole rings is 1. The Balaban J connectivity index is 0.000000348. The molecule has 40 heavy (non-hydrogen) atoms. The van der Waals surface area contributed by atoms with Gasteiger partial charge in [-0.2, -0.15) is 4.37 Å². The first kappa shape index (κ1) is 27.1. The number of fused-ring (bicyclic) bond motifs is 2. The zero-order valence-corrected chi connectivity index (χ0v) is 22.4. The molecule has 14 heteroatoms. The maximum absolute atomic E-state index is 14.0. The van der Waals surface area contributed by atoms with Crippen LogP contribution in [0.1, 0.15) is 44.3 Å². The lowest BCUT2D eigenvalue weighted by Crippen LogP contribution is -2.40. The monoisotopic (exact) mass is 581 g/mol. The van der Waals surface area contributed by atoms with Crippen molar-refractivity contribution in [2.24, 2.45) is 0 Å². The molecule has 11 nitrogen and oxygen atoms in total. The van der Waals surface area contributed by atoms with Gasteiger partial charge in [0.05, 0.1) is 29.2 Å². The SMILES string of the molecule is CNCc1ncco1.O=Cc1nc(NC(=O)c2nsc3ccccc23)c2n1CC(=O)NC2c1cc(F)ccc1Cl. The minimum absolute atomic E-state index is 0.0502. The number of carbonyl (C=O) groups excluding carboxylic acids is 3. The number of benzene rings is 2. The second kappa shape index (κ2) is 11.7. The van der Waals surface area contributed by atoms with Crippen LogP contribution in [0, 0.1) is 5.82 Å². The van der Waals surface area contributed by atoms with Crippen molar-refractivity contribution < 1.29 is 23.2 Å². The normalized spacial score (nSPS) is 14.2. The third kappa shape index (κ3) is 5.47. The molecule has 0 saturated heterocycles. The summed E-state index contributed by atoms with van der Waals surface area (Å²) in [7, 11) is 1.85. The van der Waals surface area contributed by atoms with E-state index in [1.54, 1.807) is 24.6 Å². The highest BCUT2D eigenvalue weighted by Crippen LogP contribution is 2.36. The van der Waals surface area contributed by atoms with Crippen LogP contribution in [-0.4, -0.2) is 44.1 Å². The minimum atomic E-state index is -0.928. The Bertz CT molecular complexity index is 1700. The maximum Gasteiger partial charge on any atom is 0.277 e. The van der Waals surface area contributed by atoms with Gasteiger partial charge in [0.2, 0.25) is 11.8 Å². The Labute approximate surface area is 235 Å². The maximum atomic E-state index is 14.0. The smallest absolute Gasteiger partial charge is 0.277 e.